The highest BCUT2D eigenvalue weighted by molar-refractivity contribution is 6.30. The zero-order chi connectivity index (χ0) is 18.1. The normalized spacial score (nSPS) is 20.7. The van der Waals surface area contributed by atoms with Crippen molar-refractivity contribution in [1.29, 1.82) is 0 Å². The van der Waals surface area contributed by atoms with Crippen LogP contribution in [0.2, 0.25) is 5.02 Å². The van der Waals surface area contributed by atoms with Crippen molar-refractivity contribution in [2.45, 2.75) is 26.0 Å². The van der Waals surface area contributed by atoms with Crippen molar-refractivity contribution in [3.05, 3.63) is 64.7 Å². The van der Waals surface area contributed by atoms with Crippen molar-refractivity contribution in [2.24, 2.45) is 5.92 Å². The lowest BCUT2D eigenvalue weighted by molar-refractivity contribution is 0.140. The molecule has 0 unspecified atom stereocenters. The topological polar surface area (TPSA) is 70.0 Å². The van der Waals surface area contributed by atoms with Crippen molar-refractivity contribution < 1.29 is 5.11 Å². The van der Waals surface area contributed by atoms with Crippen molar-refractivity contribution in [1.82, 2.24) is 24.9 Å². The second-order valence-electron chi connectivity index (χ2n) is 7.04. The van der Waals surface area contributed by atoms with Crippen molar-refractivity contribution in [3.8, 4) is 5.69 Å². The van der Waals surface area contributed by atoms with E-state index in [1.54, 1.807) is 0 Å². The summed E-state index contributed by atoms with van der Waals surface area (Å²) in [6.07, 6.45) is 4.36. The van der Waals surface area contributed by atoms with Gasteiger partial charge in [0.15, 0.2) is 0 Å². The maximum absolute atomic E-state index is 10.4. The number of nitrogens with zero attached hydrogens (tertiary/aromatic N) is 4. The Kier molecular flexibility index (Phi) is 4.80. The molecule has 1 aromatic carbocycles. The number of aliphatic hydroxyl groups is 1. The maximum Gasteiger partial charge on any atom is 0.0711 e. The summed E-state index contributed by atoms with van der Waals surface area (Å²) >= 11 is 6.05. The van der Waals surface area contributed by atoms with Crippen LogP contribution in [-0.4, -0.2) is 49.2 Å². The predicted octanol–water partition coefficient (Wildman–Crippen LogP) is 2.59. The fraction of sp³-hybridized carbons (Fsp3) is 0.368. The maximum atomic E-state index is 10.4. The summed E-state index contributed by atoms with van der Waals surface area (Å²) in [7, 11) is 0. The van der Waals surface area contributed by atoms with E-state index in [1.807, 2.05) is 54.3 Å². The Morgan fingerprint density at radius 3 is 2.96 bits per heavy atom. The molecule has 1 saturated heterocycles. The number of hydrogen-bond acceptors (Lipinski definition) is 4. The molecule has 4 rings (SSSR count). The van der Waals surface area contributed by atoms with Gasteiger partial charge in [0.05, 0.1) is 23.7 Å². The number of hydrogen-bond donors (Lipinski definition) is 2. The molecule has 1 aliphatic rings. The summed E-state index contributed by atoms with van der Waals surface area (Å²) in [6, 6.07) is 9.67. The summed E-state index contributed by atoms with van der Waals surface area (Å²) in [5.74, 6) is 0.209. The lowest BCUT2D eigenvalue weighted by atomic mass is 10.0. The number of β-amino-alcohol motifs (C(OH)–C–C–N with tert-alkyl or cyclic N) is 1. The van der Waals surface area contributed by atoms with Crippen molar-refractivity contribution in [2.75, 3.05) is 13.1 Å². The molecule has 6 nitrogen and oxygen atoms in total. The van der Waals surface area contributed by atoms with Gasteiger partial charge in [-0.25, -0.2) is 4.68 Å². The van der Waals surface area contributed by atoms with Crippen LogP contribution >= 0.6 is 11.6 Å². The lowest BCUT2D eigenvalue weighted by Crippen LogP contribution is -2.21. The smallest absolute Gasteiger partial charge is 0.0711 e. The molecule has 2 atom stereocenters. The number of halogens is 1. The predicted molar refractivity (Wildman–Crippen MR) is 100 cm³/mol. The number of benzene rings is 1. The Morgan fingerprint density at radius 2 is 2.19 bits per heavy atom. The largest absolute Gasteiger partial charge is 0.391 e. The first-order chi connectivity index (χ1) is 12.6. The summed E-state index contributed by atoms with van der Waals surface area (Å²) in [5, 5.41) is 22.8. The molecule has 0 spiro atoms. The van der Waals surface area contributed by atoms with Gasteiger partial charge < -0.3 is 5.11 Å². The Bertz CT molecular complexity index is 889. The Hall–Kier alpha value is -2.15. The van der Waals surface area contributed by atoms with E-state index in [-0.39, 0.29) is 12.0 Å². The number of likely N-dealkylation sites (tertiary alicyclic amines) is 1. The van der Waals surface area contributed by atoms with E-state index < -0.39 is 0 Å². The molecule has 3 aromatic rings. The molecule has 7 heteroatoms. The van der Waals surface area contributed by atoms with Gasteiger partial charge in [-0.3, -0.25) is 10.00 Å². The molecule has 0 amide bonds. The minimum absolute atomic E-state index is 0.209. The van der Waals surface area contributed by atoms with Crippen LogP contribution in [0, 0.1) is 12.8 Å². The van der Waals surface area contributed by atoms with Gasteiger partial charge in [0.1, 0.15) is 0 Å². The molecule has 2 N–H and O–H groups in total. The number of aliphatic hydroxyl groups excluding tert-OH is 1. The van der Waals surface area contributed by atoms with E-state index in [1.165, 1.54) is 0 Å². The minimum atomic E-state index is -0.324. The molecular weight excluding hydrogens is 350 g/mol. The zero-order valence-corrected chi connectivity index (χ0v) is 15.4. The fourth-order valence-electron chi connectivity index (χ4n) is 3.58. The summed E-state index contributed by atoms with van der Waals surface area (Å²) in [4.78, 5) is 2.27. The van der Waals surface area contributed by atoms with Crippen LogP contribution in [0.15, 0.2) is 42.7 Å². The van der Waals surface area contributed by atoms with Crippen LogP contribution in [0.4, 0.5) is 0 Å². The van der Waals surface area contributed by atoms with Gasteiger partial charge in [0.2, 0.25) is 0 Å². The summed E-state index contributed by atoms with van der Waals surface area (Å²) in [5.41, 5.74) is 4.13. The SMILES string of the molecule is Cc1cc(C[C@@H]2CN(Cc3cnn(-c4cccc(Cl)c4)c3)C[C@H]2O)n[nH]1. The molecule has 1 aliphatic heterocycles. The summed E-state index contributed by atoms with van der Waals surface area (Å²) in [6.45, 7) is 4.30. The Morgan fingerprint density at radius 1 is 1.31 bits per heavy atom. The zero-order valence-electron chi connectivity index (χ0n) is 14.6. The quantitative estimate of drug-likeness (QED) is 0.723. The van der Waals surface area contributed by atoms with Crippen molar-refractivity contribution >= 4 is 11.6 Å². The lowest BCUT2D eigenvalue weighted by Gasteiger charge is -2.13. The highest BCUT2D eigenvalue weighted by Crippen LogP contribution is 2.23. The van der Waals surface area contributed by atoms with E-state index in [4.69, 9.17) is 11.6 Å². The first kappa shape index (κ1) is 17.3. The van der Waals surface area contributed by atoms with Gasteiger partial charge in [-0.2, -0.15) is 10.2 Å². The third kappa shape index (κ3) is 3.82. The average Bonchev–Trinajstić information content (AvgIpc) is 3.30. The number of aryl methyl sites for hydroxylation is 1. The highest BCUT2D eigenvalue weighted by atomic mass is 35.5. The molecule has 2 aromatic heterocycles. The van der Waals surface area contributed by atoms with Crippen LogP contribution in [0.25, 0.3) is 5.69 Å². The molecule has 1 fully saturated rings. The molecule has 0 aliphatic carbocycles. The number of H-pyrrole nitrogens is 1. The van der Waals surface area contributed by atoms with E-state index in [0.29, 0.717) is 11.6 Å². The van der Waals surface area contributed by atoms with E-state index in [0.717, 1.165) is 42.1 Å². The number of rotatable bonds is 5. The third-order valence-electron chi connectivity index (χ3n) is 4.83. The van der Waals surface area contributed by atoms with Crippen molar-refractivity contribution in [3.63, 3.8) is 0 Å². The van der Waals surface area contributed by atoms with Crippen LogP contribution < -0.4 is 0 Å². The van der Waals surface area contributed by atoms with E-state index >= 15 is 0 Å². The number of nitrogens with one attached hydrogen (secondary N) is 1. The standard InChI is InChI=1S/C19H22ClN5O/c1-13-5-17(23-22-13)6-15-11-24(12-19(15)26)9-14-8-21-25(10-14)18-4-2-3-16(20)7-18/h2-5,7-8,10,15,19,26H,6,9,11-12H2,1H3,(H,22,23)/t15-,19-/m1/s1. The molecule has 0 bridgehead atoms. The summed E-state index contributed by atoms with van der Waals surface area (Å²) < 4.78 is 1.83. The van der Waals surface area contributed by atoms with E-state index in [9.17, 15) is 5.11 Å². The second kappa shape index (κ2) is 7.23. The van der Waals surface area contributed by atoms with E-state index in [2.05, 4.69) is 20.2 Å². The fourth-order valence-corrected chi connectivity index (χ4v) is 3.76. The molecule has 0 radical (unpaired) electrons. The first-order valence-electron chi connectivity index (χ1n) is 8.77. The molecule has 26 heavy (non-hydrogen) atoms. The first-order valence-corrected chi connectivity index (χ1v) is 9.15. The second-order valence-corrected chi connectivity index (χ2v) is 7.48. The van der Waals surface area contributed by atoms with Gasteiger partial charge >= 0.3 is 0 Å². The van der Waals surface area contributed by atoms with Gasteiger partial charge in [-0.1, -0.05) is 17.7 Å². The highest BCUT2D eigenvalue weighted by Gasteiger charge is 2.31. The van der Waals surface area contributed by atoms with Gasteiger partial charge in [-0.05, 0) is 37.6 Å². The van der Waals surface area contributed by atoms with Gasteiger partial charge in [0, 0.05) is 48.0 Å². The van der Waals surface area contributed by atoms with Gasteiger partial charge in [0.25, 0.3) is 0 Å². The number of aromatic amines is 1. The molecule has 0 saturated carbocycles. The van der Waals surface area contributed by atoms with Crippen LogP contribution in [0.1, 0.15) is 17.0 Å². The third-order valence-corrected chi connectivity index (χ3v) is 5.06. The van der Waals surface area contributed by atoms with Crippen LogP contribution in [0.5, 0.6) is 0 Å². The van der Waals surface area contributed by atoms with Gasteiger partial charge in [-0.15, -0.1) is 0 Å². The monoisotopic (exact) mass is 371 g/mol. The molecule has 136 valence electrons. The average molecular weight is 372 g/mol. The minimum Gasteiger partial charge on any atom is -0.391 e. The van der Waals surface area contributed by atoms with Crippen LogP contribution in [-0.2, 0) is 13.0 Å². The van der Waals surface area contributed by atoms with Crippen LogP contribution in [0.3, 0.4) is 0 Å². The molecular formula is C19H22ClN5O. The Balaban J connectivity index is 1.39. The molecule has 3 heterocycles. The number of aromatic nitrogens is 4. The Labute approximate surface area is 157 Å².